The number of hydrogen-bond donors (Lipinski definition) is 1. The van der Waals surface area contributed by atoms with Crippen LogP contribution in [0.25, 0.3) is 11.1 Å². The quantitative estimate of drug-likeness (QED) is 0.787. The average Bonchev–Trinajstić information content (AvgIpc) is 2.45. The molecule has 0 bridgehead atoms. The topological polar surface area (TPSA) is 50.2 Å². The Kier molecular flexibility index (Phi) is 4.44. The molecule has 0 radical (unpaired) electrons. The first-order valence-corrected chi connectivity index (χ1v) is 7.33. The van der Waals surface area contributed by atoms with Crippen LogP contribution in [-0.2, 0) is 11.6 Å². The van der Waals surface area contributed by atoms with Gasteiger partial charge in [-0.2, -0.15) is 13.2 Å². The monoisotopic (exact) mass is 337 g/mol. The Morgan fingerprint density at radius 3 is 2.17 bits per heavy atom. The number of carbonyl (C=O) groups is 1. The van der Waals surface area contributed by atoms with Crippen LogP contribution in [0.5, 0.6) is 5.75 Å². The number of ketones is 1. The second-order valence-electron chi connectivity index (χ2n) is 6.66. The van der Waals surface area contributed by atoms with E-state index in [9.17, 15) is 23.1 Å². The van der Waals surface area contributed by atoms with Crippen LogP contribution >= 0.6 is 0 Å². The van der Waals surface area contributed by atoms with Crippen LogP contribution < -0.4 is 0 Å². The minimum Gasteiger partial charge on any atom is -0.507 e. The fraction of sp³-hybridized carbons (Fsp3) is 0.333. The third kappa shape index (κ3) is 3.58. The van der Waals surface area contributed by atoms with Crippen molar-refractivity contribution in [3.8, 4) is 16.9 Å². The molecule has 0 aliphatic carbocycles. The summed E-state index contributed by atoms with van der Waals surface area (Å²) in [5.41, 5.74) is 0.219. The lowest BCUT2D eigenvalue weighted by Crippen LogP contribution is -2.13. The molecule has 0 fully saturated rings. The minimum atomic E-state index is -4.53. The molecule has 1 N–H and O–H groups in total. The number of hydrogen-bond acceptors (Lipinski definition) is 3. The summed E-state index contributed by atoms with van der Waals surface area (Å²) in [4.78, 5) is 15.2. The van der Waals surface area contributed by atoms with E-state index in [0.29, 0.717) is 5.56 Å². The van der Waals surface area contributed by atoms with Crippen molar-refractivity contribution in [2.45, 2.75) is 39.3 Å². The highest BCUT2D eigenvalue weighted by molar-refractivity contribution is 5.99. The van der Waals surface area contributed by atoms with Gasteiger partial charge >= 0.3 is 6.18 Å². The molecule has 3 nitrogen and oxygen atoms in total. The maximum Gasteiger partial charge on any atom is 0.433 e. The zero-order valence-corrected chi connectivity index (χ0v) is 13.8. The number of phenolic OH excluding ortho intramolecular Hbond substituents is 1. The van der Waals surface area contributed by atoms with Gasteiger partial charge in [0.1, 0.15) is 11.4 Å². The van der Waals surface area contributed by atoms with Gasteiger partial charge in [0, 0.05) is 17.3 Å². The van der Waals surface area contributed by atoms with E-state index in [1.165, 1.54) is 13.0 Å². The van der Waals surface area contributed by atoms with Crippen molar-refractivity contribution < 1.29 is 23.1 Å². The molecule has 1 heterocycles. The fourth-order valence-electron chi connectivity index (χ4n) is 2.28. The lowest BCUT2D eigenvalue weighted by molar-refractivity contribution is -0.141. The number of alkyl halides is 3. The largest absolute Gasteiger partial charge is 0.507 e. The van der Waals surface area contributed by atoms with Crippen molar-refractivity contribution in [2.24, 2.45) is 0 Å². The fourth-order valence-corrected chi connectivity index (χ4v) is 2.28. The Hall–Kier alpha value is -2.37. The number of pyridine rings is 1. The maximum atomic E-state index is 12.6. The van der Waals surface area contributed by atoms with Crippen LogP contribution in [0.3, 0.4) is 0 Å². The Morgan fingerprint density at radius 2 is 1.75 bits per heavy atom. The predicted octanol–water partition coefficient (Wildman–Crippen LogP) is 4.97. The number of benzene rings is 1. The molecule has 2 aromatic rings. The summed E-state index contributed by atoms with van der Waals surface area (Å²) in [6.45, 7) is 7.16. The van der Waals surface area contributed by atoms with E-state index < -0.39 is 11.9 Å². The predicted molar refractivity (Wildman–Crippen MR) is 85.0 cm³/mol. The third-order valence-corrected chi connectivity index (χ3v) is 3.72. The van der Waals surface area contributed by atoms with Crippen LogP contribution in [0.15, 0.2) is 30.5 Å². The number of rotatable bonds is 2. The van der Waals surface area contributed by atoms with Gasteiger partial charge in [-0.05, 0) is 36.1 Å². The van der Waals surface area contributed by atoms with Gasteiger partial charge in [0.25, 0.3) is 0 Å². The van der Waals surface area contributed by atoms with Crippen LogP contribution in [-0.4, -0.2) is 15.9 Å². The van der Waals surface area contributed by atoms with Crippen molar-refractivity contribution in [1.82, 2.24) is 4.98 Å². The Morgan fingerprint density at radius 1 is 1.12 bits per heavy atom. The van der Waals surface area contributed by atoms with Crippen molar-refractivity contribution in [3.05, 3.63) is 47.3 Å². The van der Waals surface area contributed by atoms with Gasteiger partial charge in [-0.25, -0.2) is 0 Å². The highest BCUT2D eigenvalue weighted by Gasteiger charge is 2.32. The SMILES string of the molecule is CC(=O)c1cc(C(C)(C)C)cc(-c2ccc(C(F)(F)F)nc2)c1O. The molecule has 0 atom stereocenters. The third-order valence-electron chi connectivity index (χ3n) is 3.72. The molecule has 2 rings (SSSR count). The van der Waals surface area contributed by atoms with E-state index in [-0.39, 0.29) is 28.1 Å². The normalized spacial score (nSPS) is 12.3. The Balaban J connectivity index is 2.65. The van der Waals surface area contributed by atoms with Gasteiger partial charge in [-0.3, -0.25) is 9.78 Å². The molecular weight excluding hydrogens is 319 g/mol. The van der Waals surface area contributed by atoms with Crippen molar-refractivity contribution in [2.75, 3.05) is 0 Å². The number of carbonyl (C=O) groups excluding carboxylic acids is 1. The number of aromatic hydroxyl groups is 1. The van der Waals surface area contributed by atoms with E-state index in [0.717, 1.165) is 17.8 Å². The molecule has 0 amide bonds. The molecule has 0 spiro atoms. The Bertz CT molecular complexity index is 773. The van der Waals surface area contributed by atoms with Crippen LogP contribution in [0.4, 0.5) is 13.2 Å². The minimum absolute atomic E-state index is 0.136. The van der Waals surface area contributed by atoms with E-state index in [4.69, 9.17) is 0 Å². The van der Waals surface area contributed by atoms with E-state index in [1.807, 2.05) is 20.8 Å². The smallest absolute Gasteiger partial charge is 0.433 e. The number of aromatic nitrogens is 1. The molecule has 1 aromatic heterocycles. The second-order valence-corrected chi connectivity index (χ2v) is 6.66. The average molecular weight is 337 g/mol. The molecular formula is C18H18F3NO2. The van der Waals surface area contributed by atoms with Gasteiger partial charge in [0.05, 0.1) is 5.56 Å². The summed E-state index contributed by atoms with van der Waals surface area (Å²) >= 11 is 0. The molecule has 0 aliphatic heterocycles. The van der Waals surface area contributed by atoms with Crippen molar-refractivity contribution in [1.29, 1.82) is 0 Å². The highest BCUT2D eigenvalue weighted by Crippen LogP contribution is 2.38. The molecule has 0 unspecified atom stereocenters. The Labute approximate surface area is 138 Å². The lowest BCUT2D eigenvalue weighted by atomic mass is 9.83. The maximum absolute atomic E-state index is 12.6. The molecule has 0 saturated carbocycles. The summed E-state index contributed by atoms with van der Waals surface area (Å²) < 4.78 is 37.9. The van der Waals surface area contributed by atoms with Gasteiger partial charge in [0.15, 0.2) is 5.78 Å². The first kappa shape index (κ1) is 18.0. The first-order chi connectivity index (χ1) is 10.9. The van der Waals surface area contributed by atoms with Crippen molar-refractivity contribution in [3.63, 3.8) is 0 Å². The lowest BCUT2D eigenvalue weighted by Gasteiger charge is -2.22. The van der Waals surface area contributed by atoms with Crippen molar-refractivity contribution >= 4 is 5.78 Å². The number of halogens is 3. The molecule has 1 aromatic carbocycles. The number of phenols is 1. The highest BCUT2D eigenvalue weighted by atomic mass is 19.4. The first-order valence-electron chi connectivity index (χ1n) is 7.33. The molecule has 0 saturated heterocycles. The zero-order valence-electron chi connectivity index (χ0n) is 13.8. The summed E-state index contributed by atoms with van der Waals surface area (Å²) in [5, 5.41) is 10.4. The van der Waals surface area contributed by atoms with Crippen LogP contribution in [0.1, 0.15) is 49.3 Å². The van der Waals surface area contributed by atoms with Gasteiger partial charge < -0.3 is 5.11 Å². The van der Waals surface area contributed by atoms with Crippen LogP contribution in [0.2, 0.25) is 0 Å². The second kappa shape index (κ2) is 5.92. The number of nitrogens with zero attached hydrogens (tertiary/aromatic N) is 1. The summed E-state index contributed by atoms with van der Waals surface area (Å²) in [6, 6.07) is 5.37. The van der Waals surface area contributed by atoms with Gasteiger partial charge in [0.2, 0.25) is 0 Å². The van der Waals surface area contributed by atoms with Gasteiger partial charge in [-0.1, -0.05) is 26.8 Å². The van der Waals surface area contributed by atoms with Crippen LogP contribution in [0, 0.1) is 0 Å². The standard InChI is InChI=1S/C18H18F3NO2/c1-10(23)13-7-12(17(2,3)4)8-14(16(13)24)11-5-6-15(22-9-11)18(19,20)21/h5-9,24H,1-4H3. The number of Topliss-reactive ketones (excluding diaryl/α,β-unsaturated/α-hetero) is 1. The molecule has 128 valence electrons. The van der Waals surface area contributed by atoms with E-state index in [2.05, 4.69) is 4.98 Å². The zero-order chi connectivity index (χ0) is 18.3. The van der Waals surface area contributed by atoms with E-state index in [1.54, 1.807) is 12.1 Å². The summed E-state index contributed by atoms with van der Waals surface area (Å²) in [7, 11) is 0. The molecule has 24 heavy (non-hydrogen) atoms. The van der Waals surface area contributed by atoms with E-state index >= 15 is 0 Å². The molecule has 6 heteroatoms. The van der Waals surface area contributed by atoms with Gasteiger partial charge in [-0.15, -0.1) is 0 Å². The summed E-state index contributed by atoms with van der Waals surface area (Å²) in [5.74, 6) is -0.572. The summed E-state index contributed by atoms with van der Waals surface area (Å²) in [6.07, 6.45) is -3.48. The molecule has 0 aliphatic rings.